The van der Waals surface area contributed by atoms with E-state index in [9.17, 15) is 4.79 Å². The molecule has 0 amide bonds. The number of morpholine rings is 1. The molecule has 1 saturated heterocycles. The first-order valence-corrected chi connectivity index (χ1v) is 10.6. The Labute approximate surface area is 175 Å². The molecule has 2 aromatic carbocycles. The van der Waals surface area contributed by atoms with Crippen molar-refractivity contribution >= 4 is 38.8 Å². The lowest BCUT2D eigenvalue weighted by atomic mass is 9.99. The summed E-state index contributed by atoms with van der Waals surface area (Å²) < 4.78 is 13.1. The van der Waals surface area contributed by atoms with Crippen molar-refractivity contribution in [1.29, 1.82) is 0 Å². The topological polar surface area (TPSA) is 43.2 Å². The summed E-state index contributed by atoms with van der Waals surface area (Å²) in [6.45, 7) is 9.59. The second-order valence-corrected chi connectivity index (χ2v) is 7.85. The third kappa shape index (κ3) is 2.76. The third-order valence-corrected chi connectivity index (χ3v) is 6.15. The van der Waals surface area contributed by atoms with E-state index in [1.54, 1.807) is 0 Å². The lowest BCUT2D eigenvalue weighted by Crippen LogP contribution is -2.36. The number of pyridine rings is 1. The van der Waals surface area contributed by atoms with E-state index in [-0.39, 0.29) is 5.97 Å². The third-order valence-electron chi connectivity index (χ3n) is 6.15. The minimum Gasteiger partial charge on any atom is -0.462 e. The van der Waals surface area contributed by atoms with Crippen LogP contribution >= 0.6 is 0 Å². The molecule has 2 aromatic heterocycles. The molecule has 5 heteroatoms. The van der Waals surface area contributed by atoms with Gasteiger partial charge in [0.25, 0.3) is 0 Å². The van der Waals surface area contributed by atoms with Gasteiger partial charge in [-0.25, -0.2) is 4.79 Å². The number of hydrogen-bond donors (Lipinski definition) is 0. The summed E-state index contributed by atoms with van der Waals surface area (Å²) in [6, 6.07) is 14.9. The highest BCUT2D eigenvalue weighted by atomic mass is 16.5. The Morgan fingerprint density at radius 1 is 1.03 bits per heavy atom. The Morgan fingerprint density at radius 2 is 1.80 bits per heavy atom. The van der Waals surface area contributed by atoms with Crippen molar-refractivity contribution in [2.24, 2.45) is 0 Å². The minimum atomic E-state index is -0.266. The number of carbonyl (C=O) groups excluding carboxylic acids is 1. The summed E-state index contributed by atoms with van der Waals surface area (Å²) in [5, 5.41) is 3.62. The van der Waals surface area contributed by atoms with Gasteiger partial charge in [0, 0.05) is 35.2 Å². The van der Waals surface area contributed by atoms with E-state index in [1.807, 2.05) is 19.9 Å². The summed E-state index contributed by atoms with van der Waals surface area (Å²) in [7, 11) is 0. The number of benzene rings is 2. The number of ether oxygens (including phenoxy) is 2. The smallest absolute Gasteiger partial charge is 0.339 e. The fraction of sp³-hybridized carbons (Fsp3) is 0.320. The van der Waals surface area contributed by atoms with Gasteiger partial charge in [0.1, 0.15) is 0 Å². The summed E-state index contributed by atoms with van der Waals surface area (Å²) in [5.74, 6) is -0.266. The molecule has 1 aliphatic rings. The molecule has 1 aliphatic heterocycles. The fourth-order valence-electron chi connectivity index (χ4n) is 4.79. The first-order chi connectivity index (χ1) is 14.6. The van der Waals surface area contributed by atoms with Crippen LogP contribution in [0.25, 0.3) is 27.2 Å². The zero-order valence-electron chi connectivity index (χ0n) is 17.7. The zero-order chi connectivity index (χ0) is 20.8. The van der Waals surface area contributed by atoms with E-state index in [0.717, 1.165) is 43.0 Å². The van der Waals surface area contributed by atoms with Crippen LogP contribution in [0.15, 0.2) is 42.5 Å². The van der Waals surface area contributed by atoms with E-state index < -0.39 is 0 Å². The van der Waals surface area contributed by atoms with Gasteiger partial charge in [-0.1, -0.05) is 24.3 Å². The van der Waals surface area contributed by atoms with Crippen LogP contribution < -0.4 is 4.90 Å². The van der Waals surface area contributed by atoms with Crippen molar-refractivity contribution < 1.29 is 14.3 Å². The molecule has 0 aliphatic carbocycles. The van der Waals surface area contributed by atoms with Gasteiger partial charge >= 0.3 is 5.97 Å². The van der Waals surface area contributed by atoms with Gasteiger partial charge in [-0.05, 0) is 49.9 Å². The summed E-state index contributed by atoms with van der Waals surface area (Å²) >= 11 is 0. The van der Waals surface area contributed by atoms with Crippen LogP contribution in [0.5, 0.6) is 0 Å². The molecule has 5 nitrogen and oxygen atoms in total. The molecule has 30 heavy (non-hydrogen) atoms. The quantitative estimate of drug-likeness (QED) is 0.362. The van der Waals surface area contributed by atoms with Crippen LogP contribution in [0.4, 0.5) is 5.69 Å². The van der Waals surface area contributed by atoms with E-state index in [0.29, 0.717) is 12.2 Å². The van der Waals surface area contributed by atoms with Crippen molar-refractivity contribution in [2.45, 2.75) is 20.8 Å². The molecule has 0 bridgehead atoms. The van der Waals surface area contributed by atoms with Crippen LogP contribution in [0.2, 0.25) is 0 Å². The molecule has 3 heterocycles. The molecule has 0 atom stereocenters. The SMILES string of the molecule is CCOC(=O)c1cc2c3c(C)cccc3c3c(N4CCOCC4)cccc3n2c1C. The summed E-state index contributed by atoms with van der Waals surface area (Å²) in [6.07, 6.45) is 0. The number of carbonyl (C=O) groups is 1. The Hall–Kier alpha value is -3.05. The van der Waals surface area contributed by atoms with E-state index in [1.165, 1.54) is 27.4 Å². The lowest BCUT2D eigenvalue weighted by Gasteiger charge is -2.30. The number of aryl methyl sites for hydroxylation is 2. The number of aromatic nitrogens is 1. The molecule has 154 valence electrons. The zero-order valence-corrected chi connectivity index (χ0v) is 17.7. The van der Waals surface area contributed by atoms with Crippen molar-refractivity contribution in [2.75, 3.05) is 37.8 Å². The van der Waals surface area contributed by atoms with Gasteiger partial charge in [-0.2, -0.15) is 0 Å². The van der Waals surface area contributed by atoms with Gasteiger partial charge in [0.2, 0.25) is 0 Å². The second kappa shape index (κ2) is 7.33. The van der Waals surface area contributed by atoms with Crippen LogP contribution in [0.3, 0.4) is 0 Å². The van der Waals surface area contributed by atoms with Gasteiger partial charge in [-0.3, -0.25) is 0 Å². The van der Waals surface area contributed by atoms with Gasteiger partial charge in [0.15, 0.2) is 0 Å². The van der Waals surface area contributed by atoms with Crippen molar-refractivity contribution in [1.82, 2.24) is 4.40 Å². The molecule has 0 unspecified atom stereocenters. The molecule has 1 fully saturated rings. The Bertz CT molecular complexity index is 1280. The molecular weight excluding hydrogens is 376 g/mol. The highest BCUT2D eigenvalue weighted by Crippen LogP contribution is 2.39. The lowest BCUT2D eigenvalue weighted by molar-refractivity contribution is 0.0525. The largest absolute Gasteiger partial charge is 0.462 e. The predicted octanol–water partition coefficient (Wildman–Crippen LogP) is 4.88. The number of hydrogen-bond acceptors (Lipinski definition) is 4. The number of esters is 1. The maximum absolute atomic E-state index is 12.6. The first kappa shape index (κ1) is 18.9. The number of anilines is 1. The van der Waals surface area contributed by atoms with Crippen LogP contribution in [-0.2, 0) is 9.47 Å². The average Bonchev–Trinajstić information content (AvgIpc) is 3.11. The fourth-order valence-corrected chi connectivity index (χ4v) is 4.79. The number of nitrogens with zero attached hydrogens (tertiary/aromatic N) is 2. The Morgan fingerprint density at radius 3 is 2.57 bits per heavy atom. The maximum atomic E-state index is 12.6. The molecule has 0 N–H and O–H groups in total. The van der Waals surface area contributed by atoms with E-state index >= 15 is 0 Å². The molecule has 5 rings (SSSR count). The molecular formula is C25H26N2O3. The van der Waals surface area contributed by atoms with Gasteiger partial charge in [0.05, 0.1) is 36.4 Å². The number of fused-ring (bicyclic) bond motifs is 6. The highest BCUT2D eigenvalue weighted by molar-refractivity contribution is 6.19. The van der Waals surface area contributed by atoms with Crippen molar-refractivity contribution in [3.63, 3.8) is 0 Å². The van der Waals surface area contributed by atoms with Crippen LogP contribution in [-0.4, -0.2) is 43.3 Å². The van der Waals surface area contributed by atoms with Crippen LogP contribution in [0, 0.1) is 13.8 Å². The predicted molar refractivity (Wildman–Crippen MR) is 121 cm³/mol. The molecule has 0 spiro atoms. The normalized spacial score (nSPS) is 14.7. The van der Waals surface area contributed by atoms with Gasteiger partial charge < -0.3 is 18.8 Å². The minimum absolute atomic E-state index is 0.266. The standard InChI is InChI=1S/C25H26N2O3/c1-4-30-25(28)19-15-22-23-16(2)7-5-8-18(23)24-20(26-11-13-29-14-12-26)9-6-10-21(24)27(22)17(19)3/h5-10,15H,4,11-14H2,1-3H3. The first-order valence-electron chi connectivity index (χ1n) is 10.6. The summed E-state index contributed by atoms with van der Waals surface area (Å²) in [4.78, 5) is 15.1. The monoisotopic (exact) mass is 402 g/mol. The van der Waals surface area contributed by atoms with Crippen molar-refractivity contribution in [3.05, 3.63) is 59.3 Å². The van der Waals surface area contributed by atoms with E-state index in [2.05, 4.69) is 52.6 Å². The Balaban J connectivity index is 1.93. The Kier molecular flexibility index (Phi) is 4.63. The molecule has 4 aromatic rings. The van der Waals surface area contributed by atoms with Crippen molar-refractivity contribution in [3.8, 4) is 0 Å². The second-order valence-electron chi connectivity index (χ2n) is 7.85. The average molecular weight is 402 g/mol. The maximum Gasteiger partial charge on any atom is 0.339 e. The summed E-state index contributed by atoms with van der Waals surface area (Å²) in [5.41, 5.74) is 6.13. The van der Waals surface area contributed by atoms with E-state index in [4.69, 9.17) is 9.47 Å². The van der Waals surface area contributed by atoms with Crippen LogP contribution in [0.1, 0.15) is 28.5 Å². The number of rotatable bonds is 3. The van der Waals surface area contributed by atoms with Gasteiger partial charge in [-0.15, -0.1) is 0 Å². The molecule has 0 radical (unpaired) electrons. The molecule has 0 saturated carbocycles. The highest BCUT2D eigenvalue weighted by Gasteiger charge is 2.22.